The van der Waals surface area contributed by atoms with Gasteiger partial charge in [-0.15, -0.1) is 0 Å². The number of ether oxygens (including phenoxy) is 1. The monoisotopic (exact) mass is 311 g/mol. The zero-order chi connectivity index (χ0) is 14.0. The average Bonchev–Trinajstić information content (AvgIpc) is 2.37. The second kappa shape index (κ2) is 9.99. The molecule has 5 nitrogen and oxygen atoms in total. The highest BCUT2D eigenvalue weighted by atomic mass is 33.1. The van der Waals surface area contributed by atoms with Gasteiger partial charge in [-0.05, 0) is 43.0 Å². The van der Waals surface area contributed by atoms with E-state index in [9.17, 15) is 8.42 Å². The first kappa shape index (κ1) is 17.2. The Labute approximate surface area is 120 Å². The van der Waals surface area contributed by atoms with Crippen molar-refractivity contribution in [3.63, 3.8) is 0 Å². The molecule has 0 radical (unpaired) electrons. The van der Waals surface area contributed by atoms with Crippen LogP contribution in [0.4, 0.5) is 0 Å². The quantitative estimate of drug-likeness (QED) is 0.366. The Kier molecular flexibility index (Phi) is 9.06. The largest absolute Gasteiger partial charge is 0.378 e. The maximum absolute atomic E-state index is 10.4. The molecule has 0 aromatic heterocycles. The van der Waals surface area contributed by atoms with E-state index in [2.05, 4.69) is 5.32 Å². The molecular formula is C12H25NO4S2. The van der Waals surface area contributed by atoms with Crippen LogP contribution in [0.3, 0.4) is 0 Å². The molecule has 0 aromatic rings. The predicted molar refractivity (Wildman–Crippen MR) is 78.9 cm³/mol. The fourth-order valence-electron chi connectivity index (χ4n) is 2.18. The minimum Gasteiger partial charge on any atom is -0.378 e. The first-order valence-electron chi connectivity index (χ1n) is 7.02. The van der Waals surface area contributed by atoms with Crippen molar-refractivity contribution in [3.05, 3.63) is 0 Å². The molecule has 0 bridgehead atoms. The molecule has 2 N–H and O–H groups in total. The minimum atomic E-state index is -3.88. The predicted octanol–water partition coefficient (Wildman–Crippen LogP) is 2.24. The van der Waals surface area contributed by atoms with Crippen LogP contribution in [0.25, 0.3) is 0 Å². The summed E-state index contributed by atoms with van der Waals surface area (Å²) in [6, 6.07) is 0. The third-order valence-electron chi connectivity index (χ3n) is 3.16. The van der Waals surface area contributed by atoms with E-state index in [0.29, 0.717) is 29.2 Å². The van der Waals surface area contributed by atoms with Crippen LogP contribution in [0.2, 0.25) is 0 Å². The highest BCUT2D eigenvalue weighted by molar-refractivity contribution is 8.69. The Hall–Kier alpha value is 0.180. The standard InChI is InChI=1S/C12H25NO4S2/c14-19(15,16)18-11-9-13-8-4-5-10-17-12-6-2-1-3-7-12/h12-13H,1-11H2,(H,14,15,16). The van der Waals surface area contributed by atoms with Crippen LogP contribution >= 0.6 is 10.8 Å². The molecule has 1 fully saturated rings. The van der Waals surface area contributed by atoms with Gasteiger partial charge in [0.1, 0.15) is 0 Å². The summed E-state index contributed by atoms with van der Waals surface area (Å²) in [4.78, 5) is 0. The lowest BCUT2D eigenvalue weighted by Gasteiger charge is -2.21. The van der Waals surface area contributed by atoms with Gasteiger partial charge < -0.3 is 10.1 Å². The van der Waals surface area contributed by atoms with E-state index in [-0.39, 0.29) is 0 Å². The van der Waals surface area contributed by atoms with Crippen LogP contribution < -0.4 is 5.32 Å². The van der Waals surface area contributed by atoms with Gasteiger partial charge in [0.15, 0.2) is 0 Å². The van der Waals surface area contributed by atoms with Gasteiger partial charge in [-0.25, -0.2) is 0 Å². The lowest BCUT2D eigenvalue weighted by molar-refractivity contribution is 0.0265. The van der Waals surface area contributed by atoms with Crippen molar-refractivity contribution in [2.24, 2.45) is 0 Å². The first-order chi connectivity index (χ1) is 9.08. The van der Waals surface area contributed by atoms with E-state index in [4.69, 9.17) is 9.29 Å². The smallest absolute Gasteiger partial charge is 0.319 e. The Morgan fingerprint density at radius 1 is 1.16 bits per heavy atom. The highest BCUT2D eigenvalue weighted by Gasteiger charge is 2.12. The molecule has 1 rings (SSSR count). The summed E-state index contributed by atoms with van der Waals surface area (Å²) in [5.41, 5.74) is 0. The van der Waals surface area contributed by atoms with E-state index >= 15 is 0 Å². The van der Waals surface area contributed by atoms with Gasteiger partial charge in [0.05, 0.1) is 6.10 Å². The zero-order valence-electron chi connectivity index (χ0n) is 11.3. The number of hydrogen-bond acceptors (Lipinski definition) is 5. The van der Waals surface area contributed by atoms with Crippen LogP contribution in [0.1, 0.15) is 44.9 Å². The minimum absolute atomic E-state index is 0.372. The van der Waals surface area contributed by atoms with Crippen LogP contribution in [0.5, 0.6) is 0 Å². The lowest BCUT2D eigenvalue weighted by atomic mass is 9.98. The third-order valence-corrected chi connectivity index (χ3v) is 5.23. The first-order valence-corrected chi connectivity index (χ1v) is 9.96. The average molecular weight is 311 g/mol. The van der Waals surface area contributed by atoms with E-state index in [1.807, 2.05) is 0 Å². The van der Waals surface area contributed by atoms with Gasteiger partial charge in [-0.2, -0.15) is 8.42 Å². The molecule has 0 heterocycles. The summed E-state index contributed by atoms with van der Waals surface area (Å²) >= 11 is 0. The normalized spacial score (nSPS) is 17.7. The second-order valence-electron chi connectivity index (χ2n) is 4.84. The van der Waals surface area contributed by atoms with Crippen molar-refractivity contribution in [3.8, 4) is 0 Å². The molecular weight excluding hydrogens is 286 g/mol. The van der Waals surface area contributed by atoms with Crippen LogP contribution in [-0.2, 0) is 13.9 Å². The molecule has 0 aliphatic heterocycles. The van der Waals surface area contributed by atoms with Gasteiger partial charge in [0, 0.05) is 18.9 Å². The molecule has 0 unspecified atom stereocenters. The van der Waals surface area contributed by atoms with Crippen LogP contribution in [0.15, 0.2) is 0 Å². The molecule has 19 heavy (non-hydrogen) atoms. The molecule has 0 spiro atoms. The molecule has 0 atom stereocenters. The van der Waals surface area contributed by atoms with Crippen molar-refractivity contribution in [2.75, 3.05) is 25.4 Å². The van der Waals surface area contributed by atoms with Gasteiger partial charge >= 0.3 is 9.15 Å². The molecule has 1 aliphatic carbocycles. The van der Waals surface area contributed by atoms with Crippen molar-refractivity contribution >= 4 is 19.9 Å². The summed E-state index contributed by atoms with van der Waals surface area (Å²) in [5, 5.41) is 3.14. The van der Waals surface area contributed by atoms with E-state index in [1.54, 1.807) is 0 Å². The Bertz CT molecular complexity index is 316. The fourth-order valence-corrected chi connectivity index (χ4v) is 3.50. The van der Waals surface area contributed by atoms with E-state index < -0.39 is 9.15 Å². The van der Waals surface area contributed by atoms with Gasteiger partial charge in [0.2, 0.25) is 0 Å². The Morgan fingerprint density at radius 2 is 1.89 bits per heavy atom. The van der Waals surface area contributed by atoms with Gasteiger partial charge in [0.25, 0.3) is 0 Å². The molecule has 114 valence electrons. The second-order valence-corrected chi connectivity index (χ2v) is 8.31. The van der Waals surface area contributed by atoms with Gasteiger partial charge in [-0.3, -0.25) is 4.55 Å². The maximum atomic E-state index is 10.4. The Morgan fingerprint density at radius 3 is 2.58 bits per heavy atom. The number of nitrogens with one attached hydrogen (secondary N) is 1. The number of hydrogen-bond donors (Lipinski definition) is 2. The third kappa shape index (κ3) is 10.6. The topological polar surface area (TPSA) is 75.6 Å². The van der Waals surface area contributed by atoms with E-state index in [1.165, 1.54) is 32.1 Å². The molecule has 0 amide bonds. The number of rotatable bonds is 10. The molecule has 1 saturated carbocycles. The zero-order valence-corrected chi connectivity index (χ0v) is 13.0. The molecule has 7 heteroatoms. The fraction of sp³-hybridized carbons (Fsp3) is 1.00. The van der Waals surface area contributed by atoms with E-state index in [0.717, 1.165) is 26.0 Å². The Balaban J connectivity index is 1.81. The van der Waals surface area contributed by atoms with Crippen molar-refractivity contribution < 1.29 is 17.7 Å². The van der Waals surface area contributed by atoms with Crippen molar-refractivity contribution in [1.82, 2.24) is 5.32 Å². The summed E-state index contributed by atoms with van der Waals surface area (Å²) < 4.78 is 35.2. The summed E-state index contributed by atoms with van der Waals surface area (Å²) in [5.74, 6) is 0.372. The van der Waals surface area contributed by atoms with Crippen LogP contribution in [0, 0.1) is 0 Å². The van der Waals surface area contributed by atoms with Crippen molar-refractivity contribution in [1.29, 1.82) is 0 Å². The van der Waals surface area contributed by atoms with Gasteiger partial charge in [-0.1, -0.05) is 19.3 Å². The lowest BCUT2D eigenvalue weighted by Crippen LogP contribution is -2.20. The van der Waals surface area contributed by atoms with Crippen molar-refractivity contribution in [2.45, 2.75) is 51.0 Å². The number of unbranched alkanes of at least 4 members (excludes halogenated alkanes) is 1. The highest BCUT2D eigenvalue weighted by Crippen LogP contribution is 2.20. The molecule has 1 aliphatic rings. The SMILES string of the molecule is O=S(=O)(O)SCCNCCCCOC1CCCCC1. The molecule has 0 saturated heterocycles. The van der Waals surface area contributed by atoms with Crippen LogP contribution in [-0.4, -0.2) is 44.5 Å². The summed E-state index contributed by atoms with van der Waals surface area (Å²) in [6.45, 7) is 2.28. The summed E-state index contributed by atoms with van der Waals surface area (Å²) in [7, 11) is -3.32. The molecule has 0 aromatic carbocycles. The maximum Gasteiger partial charge on any atom is 0.319 e. The summed E-state index contributed by atoms with van der Waals surface area (Å²) in [6.07, 6.45) is 8.93.